The summed E-state index contributed by atoms with van der Waals surface area (Å²) >= 11 is 0. The van der Waals surface area contributed by atoms with Gasteiger partial charge in [-0.15, -0.1) is 0 Å². The molecule has 1 aromatic rings. The first kappa shape index (κ1) is 12.2. The van der Waals surface area contributed by atoms with Gasteiger partial charge in [0.25, 0.3) is 0 Å². The lowest BCUT2D eigenvalue weighted by Gasteiger charge is -2.03. The molecule has 0 saturated heterocycles. The molecule has 0 N–H and O–H groups in total. The maximum Gasteiger partial charge on any atom is 0.309 e. The van der Waals surface area contributed by atoms with Crippen molar-refractivity contribution < 1.29 is 9.53 Å². The average Bonchev–Trinajstić information content (AvgIpc) is 3.16. The molecule has 2 rings (SSSR count). The summed E-state index contributed by atoms with van der Waals surface area (Å²) in [6, 6.07) is 10.2. The normalized spacial score (nSPS) is 22.2. The fourth-order valence-electron chi connectivity index (χ4n) is 2.16. The molecule has 0 spiro atoms. The standard InChI is InChI=1S/C15H20O2/c1-2-3-7-10-17-15(16)14-11-13(14)12-8-5-4-6-9-12/h4-6,8-9,13-14H,2-3,7,10-11H2,1H3. The van der Waals surface area contributed by atoms with Gasteiger partial charge in [-0.05, 0) is 24.3 Å². The third kappa shape index (κ3) is 3.32. The zero-order valence-electron chi connectivity index (χ0n) is 10.4. The Bertz CT molecular complexity index is 358. The van der Waals surface area contributed by atoms with E-state index in [4.69, 9.17) is 4.74 Å². The van der Waals surface area contributed by atoms with Crippen molar-refractivity contribution >= 4 is 5.97 Å². The second kappa shape index (κ2) is 5.85. The van der Waals surface area contributed by atoms with Gasteiger partial charge in [-0.3, -0.25) is 4.79 Å². The number of unbranched alkanes of at least 4 members (excludes halogenated alkanes) is 2. The maximum absolute atomic E-state index is 11.7. The lowest BCUT2D eigenvalue weighted by atomic mass is 10.1. The van der Waals surface area contributed by atoms with Crippen molar-refractivity contribution in [2.45, 2.75) is 38.5 Å². The summed E-state index contributed by atoms with van der Waals surface area (Å²) in [5, 5.41) is 0. The lowest BCUT2D eigenvalue weighted by Crippen LogP contribution is -2.09. The lowest BCUT2D eigenvalue weighted by molar-refractivity contribution is -0.145. The molecular weight excluding hydrogens is 212 g/mol. The highest BCUT2D eigenvalue weighted by atomic mass is 16.5. The van der Waals surface area contributed by atoms with Gasteiger partial charge in [0.15, 0.2) is 0 Å². The molecule has 1 aliphatic carbocycles. The summed E-state index contributed by atoms with van der Waals surface area (Å²) < 4.78 is 5.28. The number of hydrogen-bond donors (Lipinski definition) is 0. The molecule has 0 heterocycles. The molecule has 92 valence electrons. The summed E-state index contributed by atoms with van der Waals surface area (Å²) in [5.74, 6) is 0.504. The van der Waals surface area contributed by atoms with E-state index in [2.05, 4.69) is 19.1 Å². The monoisotopic (exact) mass is 232 g/mol. The smallest absolute Gasteiger partial charge is 0.309 e. The molecule has 0 bridgehead atoms. The van der Waals surface area contributed by atoms with E-state index in [1.165, 1.54) is 5.56 Å². The fraction of sp³-hybridized carbons (Fsp3) is 0.533. The van der Waals surface area contributed by atoms with Gasteiger partial charge < -0.3 is 4.74 Å². The second-order valence-corrected chi connectivity index (χ2v) is 4.73. The Morgan fingerprint density at radius 2 is 2.06 bits per heavy atom. The van der Waals surface area contributed by atoms with Gasteiger partial charge in [-0.2, -0.15) is 0 Å². The average molecular weight is 232 g/mol. The first-order valence-electron chi connectivity index (χ1n) is 6.54. The zero-order chi connectivity index (χ0) is 12.1. The van der Waals surface area contributed by atoms with E-state index >= 15 is 0 Å². The molecule has 2 atom stereocenters. The van der Waals surface area contributed by atoms with Crippen LogP contribution in [0.15, 0.2) is 30.3 Å². The van der Waals surface area contributed by atoms with Gasteiger partial charge >= 0.3 is 5.97 Å². The second-order valence-electron chi connectivity index (χ2n) is 4.73. The minimum Gasteiger partial charge on any atom is -0.465 e. The first-order chi connectivity index (χ1) is 8.33. The SMILES string of the molecule is CCCCCOC(=O)C1CC1c1ccccc1. The molecule has 2 nitrogen and oxygen atoms in total. The van der Waals surface area contributed by atoms with Gasteiger partial charge in [-0.1, -0.05) is 50.1 Å². The van der Waals surface area contributed by atoms with Crippen molar-refractivity contribution in [3.05, 3.63) is 35.9 Å². The number of carbonyl (C=O) groups is 1. The molecule has 17 heavy (non-hydrogen) atoms. The molecule has 0 aliphatic heterocycles. The van der Waals surface area contributed by atoms with Gasteiger partial charge in [0, 0.05) is 0 Å². The van der Waals surface area contributed by atoms with Gasteiger partial charge in [0.1, 0.15) is 0 Å². The number of rotatable bonds is 6. The third-order valence-corrected chi connectivity index (χ3v) is 3.31. The van der Waals surface area contributed by atoms with E-state index in [9.17, 15) is 4.79 Å². The van der Waals surface area contributed by atoms with Gasteiger partial charge in [-0.25, -0.2) is 0 Å². The Hall–Kier alpha value is -1.31. The highest BCUT2D eigenvalue weighted by Gasteiger charge is 2.44. The molecule has 0 aromatic heterocycles. The Balaban J connectivity index is 1.73. The maximum atomic E-state index is 11.7. The van der Waals surface area contributed by atoms with Crippen LogP contribution in [-0.2, 0) is 9.53 Å². The number of hydrogen-bond acceptors (Lipinski definition) is 2. The molecule has 1 aliphatic rings. The van der Waals surface area contributed by atoms with Crippen LogP contribution >= 0.6 is 0 Å². The van der Waals surface area contributed by atoms with E-state index < -0.39 is 0 Å². The first-order valence-corrected chi connectivity index (χ1v) is 6.54. The van der Waals surface area contributed by atoms with E-state index in [0.717, 1.165) is 25.7 Å². The van der Waals surface area contributed by atoms with Crippen LogP contribution in [0.2, 0.25) is 0 Å². The predicted octanol–water partition coefficient (Wildman–Crippen LogP) is 3.52. The highest BCUT2D eigenvalue weighted by Crippen LogP contribution is 2.47. The predicted molar refractivity (Wildman–Crippen MR) is 67.8 cm³/mol. The molecule has 0 radical (unpaired) electrons. The topological polar surface area (TPSA) is 26.3 Å². The molecule has 2 heteroatoms. The van der Waals surface area contributed by atoms with E-state index in [1.807, 2.05) is 18.2 Å². The van der Waals surface area contributed by atoms with Crippen LogP contribution in [0.4, 0.5) is 0 Å². The molecule has 1 aromatic carbocycles. The van der Waals surface area contributed by atoms with Gasteiger partial charge in [0.2, 0.25) is 0 Å². The summed E-state index contributed by atoms with van der Waals surface area (Å²) in [4.78, 5) is 11.7. The Morgan fingerprint density at radius 3 is 2.76 bits per heavy atom. The zero-order valence-corrected chi connectivity index (χ0v) is 10.4. The molecule has 1 saturated carbocycles. The van der Waals surface area contributed by atoms with Crippen LogP contribution in [0.5, 0.6) is 0 Å². The van der Waals surface area contributed by atoms with Crippen molar-refractivity contribution in [1.29, 1.82) is 0 Å². The van der Waals surface area contributed by atoms with Crippen molar-refractivity contribution in [3.63, 3.8) is 0 Å². The van der Waals surface area contributed by atoms with Crippen LogP contribution < -0.4 is 0 Å². The van der Waals surface area contributed by atoms with Crippen molar-refractivity contribution in [2.75, 3.05) is 6.61 Å². The van der Waals surface area contributed by atoms with Crippen LogP contribution in [0.1, 0.15) is 44.1 Å². The van der Waals surface area contributed by atoms with Gasteiger partial charge in [0.05, 0.1) is 12.5 Å². The molecule has 2 unspecified atom stereocenters. The van der Waals surface area contributed by atoms with Crippen LogP contribution in [0, 0.1) is 5.92 Å². The largest absolute Gasteiger partial charge is 0.465 e. The summed E-state index contributed by atoms with van der Waals surface area (Å²) in [5.41, 5.74) is 1.27. The quantitative estimate of drug-likeness (QED) is 0.554. The van der Waals surface area contributed by atoms with Crippen molar-refractivity contribution in [3.8, 4) is 0 Å². The molecular formula is C15H20O2. The number of benzene rings is 1. The Kier molecular flexibility index (Phi) is 4.18. The molecule has 1 fully saturated rings. The van der Waals surface area contributed by atoms with Crippen LogP contribution in [0.3, 0.4) is 0 Å². The van der Waals surface area contributed by atoms with Crippen LogP contribution in [-0.4, -0.2) is 12.6 Å². The fourth-order valence-corrected chi connectivity index (χ4v) is 2.16. The van der Waals surface area contributed by atoms with E-state index in [1.54, 1.807) is 0 Å². The number of ether oxygens (including phenoxy) is 1. The van der Waals surface area contributed by atoms with E-state index in [0.29, 0.717) is 12.5 Å². The minimum atomic E-state index is -0.00467. The summed E-state index contributed by atoms with van der Waals surface area (Å²) in [7, 11) is 0. The number of carbonyl (C=O) groups excluding carboxylic acids is 1. The summed E-state index contributed by atoms with van der Waals surface area (Å²) in [6.45, 7) is 2.73. The summed E-state index contributed by atoms with van der Waals surface area (Å²) in [6.07, 6.45) is 4.25. The highest BCUT2D eigenvalue weighted by molar-refractivity contribution is 5.77. The molecule has 0 amide bonds. The van der Waals surface area contributed by atoms with Crippen molar-refractivity contribution in [2.24, 2.45) is 5.92 Å². The third-order valence-electron chi connectivity index (χ3n) is 3.31. The minimum absolute atomic E-state index is 0.00467. The Morgan fingerprint density at radius 1 is 1.29 bits per heavy atom. The van der Waals surface area contributed by atoms with E-state index in [-0.39, 0.29) is 11.9 Å². The Labute approximate surface area is 103 Å². The van der Waals surface area contributed by atoms with Crippen LogP contribution in [0.25, 0.3) is 0 Å². The van der Waals surface area contributed by atoms with Crippen molar-refractivity contribution in [1.82, 2.24) is 0 Å². The number of esters is 1.